The van der Waals surface area contributed by atoms with E-state index in [0.717, 1.165) is 11.1 Å². The molecular weight excluding hydrogens is 402 g/mol. The number of methoxy groups -OCH3 is 2. The number of rotatable bonds is 7. The fraction of sp³-hybridized carbons (Fsp3) is 0.227. The van der Waals surface area contributed by atoms with Crippen molar-refractivity contribution in [2.75, 3.05) is 20.0 Å². The summed E-state index contributed by atoms with van der Waals surface area (Å²) in [6.07, 6.45) is 4.66. The number of benzene rings is 2. The number of hydrogen-bond acceptors (Lipinski definition) is 7. The fourth-order valence-corrected chi connectivity index (χ4v) is 4.56. The summed E-state index contributed by atoms with van der Waals surface area (Å²) in [6, 6.07) is 13.3. The van der Waals surface area contributed by atoms with E-state index >= 15 is 0 Å². The molecule has 4 rings (SSSR count). The standard InChI is InChI=1S/C22H21N3O4S/c1-27-18-4-3-5-19(28-2)21(18)22-25(20(26)13-30-22)12-15-6-8-16(9-7-15)29-17-10-23-14-24-11-17/h3-11,14,22H,12-13H2,1-2H3. The molecule has 7 nitrogen and oxygen atoms in total. The Hall–Kier alpha value is -3.26. The molecule has 0 saturated carbocycles. The van der Waals surface area contributed by atoms with Crippen LogP contribution in [-0.4, -0.2) is 40.7 Å². The van der Waals surface area contributed by atoms with E-state index < -0.39 is 0 Å². The van der Waals surface area contributed by atoms with Gasteiger partial charge in [0.25, 0.3) is 0 Å². The highest BCUT2D eigenvalue weighted by Gasteiger charge is 2.36. The Balaban J connectivity index is 1.54. The molecule has 0 aliphatic carbocycles. The van der Waals surface area contributed by atoms with Crippen LogP contribution in [0.2, 0.25) is 0 Å². The smallest absolute Gasteiger partial charge is 0.234 e. The van der Waals surface area contributed by atoms with Crippen LogP contribution >= 0.6 is 11.8 Å². The molecule has 0 N–H and O–H groups in total. The summed E-state index contributed by atoms with van der Waals surface area (Å²) >= 11 is 1.57. The SMILES string of the molecule is COc1cccc(OC)c1C1SCC(=O)N1Cc1ccc(Oc2cncnc2)cc1. The van der Waals surface area contributed by atoms with E-state index in [-0.39, 0.29) is 11.3 Å². The second-order valence-corrected chi connectivity index (χ2v) is 7.65. The van der Waals surface area contributed by atoms with Crippen LogP contribution in [0.15, 0.2) is 61.2 Å². The molecule has 1 saturated heterocycles. The number of carbonyl (C=O) groups is 1. The lowest BCUT2D eigenvalue weighted by atomic mass is 10.1. The molecule has 0 bridgehead atoms. The van der Waals surface area contributed by atoms with Crippen LogP contribution in [0.1, 0.15) is 16.5 Å². The van der Waals surface area contributed by atoms with E-state index in [2.05, 4.69) is 9.97 Å². The van der Waals surface area contributed by atoms with Crippen LogP contribution in [0.25, 0.3) is 0 Å². The van der Waals surface area contributed by atoms with Crippen molar-refractivity contribution in [1.82, 2.24) is 14.9 Å². The van der Waals surface area contributed by atoms with Crippen LogP contribution in [0.4, 0.5) is 0 Å². The average Bonchev–Trinajstić information content (AvgIpc) is 3.14. The molecule has 1 fully saturated rings. The van der Waals surface area contributed by atoms with Crippen molar-refractivity contribution in [2.24, 2.45) is 0 Å². The van der Waals surface area contributed by atoms with Crippen molar-refractivity contribution in [3.05, 3.63) is 72.3 Å². The summed E-state index contributed by atoms with van der Waals surface area (Å²) in [5.74, 6) is 3.17. The molecule has 2 heterocycles. The van der Waals surface area contributed by atoms with Crippen molar-refractivity contribution >= 4 is 17.7 Å². The Kier molecular flexibility index (Phi) is 6.04. The number of amides is 1. The lowest BCUT2D eigenvalue weighted by Crippen LogP contribution is -2.28. The summed E-state index contributed by atoms with van der Waals surface area (Å²) in [5.41, 5.74) is 1.88. The van der Waals surface area contributed by atoms with Crippen LogP contribution in [0.3, 0.4) is 0 Å². The number of hydrogen-bond donors (Lipinski definition) is 0. The molecule has 1 aliphatic rings. The first kappa shape index (κ1) is 20.0. The van der Waals surface area contributed by atoms with E-state index in [0.29, 0.717) is 35.3 Å². The molecule has 1 atom stereocenters. The van der Waals surface area contributed by atoms with Gasteiger partial charge in [0.2, 0.25) is 5.91 Å². The summed E-state index contributed by atoms with van der Waals surface area (Å²) in [7, 11) is 3.25. The number of thioether (sulfide) groups is 1. The maximum atomic E-state index is 12.7. The quantitative estimate of drug-likeness (QED) is 0.567. The summed E-state index contributed by atoms with van der Waals surface area (Å²) < 4.78 is 16.8. The minimum atomic E-state index is -0.180. The topological polar surface area (TPSA) is 73.8 Å². The molecule has 1 aliphatic heterocycles. The maximum absolute atomic E-state index is 12.7. The minimum absolute atomic E-state index is 0.0831. The maximum Gasteiger partial charge on any atom is 0.234 e. The van der Waals surface area contributed by atoms with Gasteiger partial charge < -0.3 is 19.1 Å². The van der Waals surface area contributed by atoms with Gasteiger partial charge in [-0.3, -0.25) is 4.79 Å². The molecule has 1 unspecified atom stereocenters. The third-order valence-corrected chi connectivity index (χ3v) is 5.95. The van der Waals surface area contributed by atoms with Crippen molar-refractivity contribution < 1.29 is 19.0 Å². The molecule has 0 radical (unpaired) electrons. The van der Waals surface area contributed by atoms with Crippen molar-refractivity contribution in [3.8, 4) is 23.0 Å². The van der Waals surface area contributed by atoms with Crippen molar-refractivity contribution in [3.63, 3.8) is 0 Å². The minimum Gasteiger partial charge on any atom is -0.496 e. The second-order valence-electron chi connectivity index (χ2n) is 6.58. The predicted octanol–water partition coefficient (Wildman–Crippen LogP) is 4.06. The molecule has 2 aromatic carbocycles. The van der Waals surface area contributed by atoms with Crippen molar-refractivity contribution in [1.29, 1.82) is 0 Å². The van der Waals surface area contributed by atoms with Gasteiger partial charge in [0.1, 0.15) is 28.9 Å². The van der Waals surface area contributed by atoms with Crippen LogP contribution in [-0.2, 0) is 11.3 Å². The molecule has 8 heteroatoms. The van der Waals surface area contributed by atoms with Gasteiger partial charge in [-0.05, 0) is 29.8 Å². The Bertz CT molecular complexity index is 992. The van der Waals surface area contributed by atoms with Crippen LogP contribution in [0.5, 0.6) is 23.0 Å². The zero-order valence-corrected chi connectivity index (χ0v) is 17.5. The normalized spacial score (nSPS) is 15.9. The Labute approximate surface area is 179 Å². The molecule has 3 aromatic rings. The van der Waals surface area contributed by atoms with E-state index in [1.807, 2.05) is 47.4 Å². The second kappa shape index (κ2) is 9.04. The summed E-state index contributed by atoms with van der Waals surface area (Å²) in [6.45, 7) is 0.479. The Morgan fingerprint density at radius 2 is 1.67 bits per heavy atom. The lowest BCUT2D eigenvalue weighted by molar-refractivity contribution is -0.128. The number of aromatic nitrogens is 2. The third kappa shape index (κ3) is 4.18. The van der Waals surface area contributed by atoms with Gasteiger partial charge in [-0.15, -0.1) is 11.8 Å². The number of nitrogens with zero attached hydrogens (tertiary/aromatic N) is 3. The largest absolute Gasteiger partial charge is 0.496 e. The van der Waals surface area contributed by atoms with Crippen LogP contribution < -0.4 is 14.2 Å². The van der Waals surface area contributed by atoms with Gasteiger partial charge in [0, 0.05) is 6.54 Å². The summed E-state index contributed by atoms with van der Waals surface area (Å²) in [5, 5.41) is -0.180. The number of carbonyl (C=O) groups excluding carboxylic acids is 1. The van der Waals surface area contributed by atoms with Crippen molar-refractivity contribution in [2.45, 2.75) is 11.9 Å². The third-order valence-electron chi connectivity index (χ3n) is 4.73. The van der Waals surface area contributed by atoms with Gasteiger partial charge in [-0.1, -0.05) is 18.2 Å². The van der Waals surface area contributed by atoms with Gasteiger partial charge in [-0.2, -0.15) is 0 Å². The highest BCUT2D eigenvalue weighted by atomic mass is 32.2. The van der Waals surface area contributed by atoms with Gasteiger partial charge in [0.15, 0.2) is 5.75 Å². The lowest BCUT2D eigenvalue weighted by Gasteiger charge is -2.27. The zero-order valence-electron chi connectivity index (χ0n) is 16.6. The Morgan fingerprint density at radius 1 is 1.00 bits per heavy atom. The van der Waals surface area contributed by atoms with E-state index in [1.165, 1.54) is 6.33 Å². The monoisotopic (exact) mass is 423 g/mol. The molecule has 1 aromatic heterocycles. The molecule has 30 heavy (non-hydrogen) atoms. The van der Waals surface area contributed by atoms with Gasteiger partial charge >= 0.3 is 0 Å². The van der Waals surface area contributed by atoms with Crippen LogP contribution in [0, 0.1) is 0 Å². The van der Waals surface area contributed by atoms with E-state index in [9.17, 15) is 4.79 Å². The zero-order chi connectivity index (χ0) is 20.9. The highest BCUT2D eigenvalue weighted by molar-refractivity contribution is 8.00. The summed E-state index contributed by atoms with van der Waals surface area (Å²) in [4.78, 5) is 22.4. The van der Waals surface area contributed by atoms with Gasteiger partial charge in [-0.25, -0.2) is 9.97 Å². The van der Waals surface area contributed by atoms with E-state index in [1.54, 1.807) is 38.4 Å². The Morgan fingerprint density at radius 3 is 2.30 bits per heavy atom. The molecule has 0 spiro atoms. The van der Waals surface area contributed by atoms with Gasteiger partial charge in [0.05, 0.1) is 37.9 Å². The number of ether oxygens (including phenoxy) is 3. The molecule has 1 amide bonds. The molecular formula is C22H21N3O4S. The first-order valence-electron chi connectivity index (χ1n) is 9.33. The molecule has 154 valence electrons. The first-order valence-corrected chi connectivity index (χ1v) is 10.4. The van der Waals surface area contributed by atoms with E-state index in [4.69, 9.17) is 14.2 Å². The predicted molar refractivity (Wildman–Crippen MR) is 114 cm³/mol. The average molecular weight is 423 g/mol. The highest BCUT2D eigenvalue weighted by Crippen LogP contribution is 2.47. The first-order chi connectivity index (χ1) is 14.7. The fourth-order valence-electron chi connectivity index (χ4n) is 3.32.